The summed E-state index contributed by atoms with van der Waals surface area (Å²) in [5, 5.41) is 0. The Balaban J connectivity index is 2.81. The largest absolute Gasteiger partial charge is 0.378 e. The highest BCUT2D eigenvalue weighted by Crippen LogP contribution is 2.32. The Morgan fingerprint density at radius 3 is 2.56 bits per heavy atom. The van der Waals surface area contributed by atoms with Crippen molar-refractivity contribution in [3.8, 4) is 0 Å². The van der Waals surface area contributed by atoms with Gasteiger partial charge in [0, 0.05) is 24.7 Å². The number of hydrogen-bond acceptors (Lipinski definition) is 3. The molecule has 3 nitrogen and oxygen atoms in total. The van der Waals surface area contributed by atoms with Crippen molar-refractivity contribution in [1.29, 1.82) is 0 Å². The molecule has 0 radical (unpaired) electrons. The average molecular weight is 228 g/mol. The van der Waals surface area contributed by atoms with Gasteiger partial charge in [0.2, 0.25) is 0 Å². The summed E-state index contributed by atoms with van der Waals surface area (Å²) in [5.41, 5.74) is 6.24. The van der Waals surface area contributed by atoms with Crippen LogP contribution in [0.3, 0.4) is 0 Å². The SMILES string of the molecule is CCC1CC(CN)(N(CC)C(C)C)CCO1. The van der Waals surface area contributed by atoms with Crippen LogP contribution in [0.15, 0.2) is 0 Å². The van der Waals surface area contributed by atoms with Crippen molar-refractivity contribution in [2.45, 2.75) is 64.6 Å². The molecule has 2 N–H and O–H groups in total. The van der Waals surface area contributed by atoms with E-state index in [9.17, 15) is 0 Å². The first-order chi connectivity index (χ1) is 7.59. The Hall–Kier alpha value is -0.120. The van der Waals surface area contributed by atoms with Crippen LogP contribution in [-0.4, -0.2) is 42.3 Å². The van der Waals surface area contributed by atoms with Gasteiger partial charge in [-0.05, 0) is 39.7 Å². The van der Waals surface area contributed by atoms with Crippen LogP contribution in [0.1, 0.15) is 47.0 Å². The molecule has 0 aromatic carbocycles. The van der Waals surface area contributed by atoms with Crippen LogP contribution in [0.25, 0.3) is 0 Å². The molecule has 0 aromatic heterocycles. The van der Waals surface area contributed by atoms with Crippen LogP contribution in [0.5, 0.6) is 0 Å². The Morgan fingerprint density at radius 1 is 1.44 bits per heavy atom. The van der Waals surface area contributed by atoms with Gasteiger partial charge in [0.05, 0.1) is 6.10 Å². The first-order valence-corrected chi connectivity index (χ1v) is 6.68. The third-order valence-electron chi connectivity index (χ3n) is 3.94. The maximum atomic E-state index is 6.07. The van der Waals surface area contributed by atoms with Gasteiger partial charge in [-0.2, -0.15) is 0 Å². The van der Waals surface area contributed by atoms with Gasteiger partial charge in [0.15, 0.2) is 0 Å². The van der Waals surface area contributed by atoms with E-state index < -0.39 is 0 Å². The molecule has 0 spiro atoms. The molecule has 1 rings (SSSR count). The number of hydrogen-bond donors (Lipinski definition) is 1. The highest BCUT2D eigenvalue weighted by molar-refractivity contribution is 4.97. The number of nitrogens with two attached hydrogens (primary N) is 1. The van der Waals surface area contributed by atoms with Gasteiger partial charge in [-0.25, -0.2) is 0 Å². The maximum absolute atomic E-state index is 6.07. The van der Waals surface area contributed by atoms with E-state index in [1.54, 1.807) is 0 Å². The summed E-state index contributed by atoms with van der Waals surface area (Å²) >= 11 is 0. The lowest BCUT2D eigenvalue weighted by Gasteiger charge is -2.49. The minimum Gasteiger partial charge on any atom is -0.378 e. The molecule has 2 atom stereocenters. The summed E-state index contributed by atoms with van der Waals surface area (Å²) < 4.78 is 5.78. The molecule has 0 saturated carbocycles. The highest BCUT2D eigenvalue weighted by Gasteiger charge is 2.40. The topological polar surface area (TPSA) is 38.5 Å². The Kier molecular flexibility index (Phi) is 5.22. The maximum Gasteiger partial charge on any atom is 0.0590 e. The summed E-state index contributed by atoms with van der Waals surface area (Å²) in [6, 6.07) is 0.559. The lowest BCUT2D eigenvalue weighted by atomic mass is 9.83. The van der Waals surface area contributed by atoms with Crippen molar-refractivity contribution < 1.29 is 4.74 Å². The van der Waals surface area contributed by atoms with Gasteiger partial charge in [-0.15, -0.1) is 0 Å². The zero-order valence-electron chi connectivity index (χ0n) is 11.3. The molecule has 1 aliphatic heterocycles. The zero-order chi connectivity index (χ0) is 12.2. The van der Waals surface area contributed by atoms with Crippen molar-refractivity contribution in [2.75, 3.05) is 19.7 Å². The molecule has 0 amide bonds. The monoisotopic (exact) mass is 228 g/mol. The zero-order valence-corrected chi connectivity index (χ0v) is 11.3. The van der Waals surface area contributed by atoms with Crippen molar-refractivity contribution in [3.63, 3.8) is 0 Å². The van der Waals surface area contributed by atoms with Crippen LogP contribution in [0.4, 0.5) is 0 Å². The third kappa shape index (κ3) is 2.76. The van der Waals surface area contributed by atoms with E-state index in [1.807, 2.05) is 0 Å². The Labute approximate surface area is 100 Å². The summed E-state index contributed by atoms with van der Waals surface area (Å²) in [4.78, 5) is 2.55. The fraction of sp³-hybridized carbons (Fsp3) is 1.00. The van der Waals surface area contributed by atoms with E-state index in [0.717, 1.165) is 39.0 Å². The van der Waals surface area contributed by atoms with Crippen LogP contribution in [-0.2, 0) is 4.74 Å². The summed E-state index contributed by atoms with van der Waals surface area (Å²) in [5.74, 6) is 0. The fourth-order valence-corrected chi connectivity index (χ4v) is 3.07. The molecular weight excluding hydrogens is 200 g/mol. The number of ether oxygens (including phenoxy) is 1. The molecule has 16 heavy (non-hydrogen) atoms. The smallest absolute Gasteiger partial charge is 0.0590 e. The van der Waals surface area contributed by atoms with Crippen molar-refractivity contribution in [2.24, 2.45) is 5.73 Å². The molecular formula is C13H28N2O. The first kappa shape index (κ1) is 13.9. The number of likely N-dealkylation sites (N-methyl/N-ethyl adjacent to an activating group) is 1. The summed E-state index contributed by atoms with van der Waals surface area (Å²) in [6.07, 6.45) is 3.65. The van der Waals surface area contributed by atoms with Crippen molar-refractivity contribution in [1.82, 2.24) is 4.90 Å². The van der Waals surface area contributed by atoms with Gasteiger partial charge >= 0.3 is 0 Å². The highest BCUT2D eigenvalue weighted by atomic mass is 16.5. The van der Waals surface area contributed by atoms with Crippen molar-refractivity contribution >= 4 is 0 Å². The van der Waals surface area contributed by atoms with E-state index in [-0.39, 0.29) is 5.54 Å². The van der Waals surface area contributed by atoms with E-state index in [0.29, 0.717) is 12.1 Å². The van der Waals surface area contributed by atoms with Gasteiger partial charge in [-0.1, -0.05) is 13.8 Å². The molecule has 0 aromatic rings. The number of rotatable bonds is 5. The van der Waals surface area contributed by atoms with Crippen LogP contribution < -0.4 is 5.73 Å². The molecule has 1 saturated heterocycles. The quantitative estimate of drug-likeness (QED) is 0.782. The van der Waals surface area contributed by atoms with Gasteiger partial charge in [-0.3, -0.25) is 4.90 Å². The number of nitrogens with zero attached hydrogens (tertiary/aromatic N) is 1. The standard InChI is InChI=1S/C13H28N2O/c1-5-12-9-13(10-14,7-8-16-12)15(6-2)11(3)4/h11-12H,5-10,14H2,1-4H3. The fourth-order valence-electron chi connectivity index (χ4n) is 3.07. The molecule has 2 unspecified atom stereocenters. The van der Waals surface area contributed by atoms with Crippen molar-refractivity contribution in [3.05, 3.63) is 0 Å². The average Bonchev–Trinajstić information content (AvgIpc) is 2.29. The lowest BCUT2D eigenvalue weighted by Crippen LogP contribution is -2.60. The van der Waals surface area contributed by atoms with Crippen LogP contribution >= 0.6 is 0 Å². The van der Waals surface area contributed by atoms with E-state index in [1.165, 1.54) is 0 Å². The minimum atomic E-state index is 0.168. The second-order valence-corrected chi connectivity index (χ2v) is 5.16. The lowest BCUT2D eigenvalue weighted by molar-refractivity contribution is -0.0793. The molecule has 1 fully saturated rings. The van der Waals surface area contributed by atoms with Gasteiger partial charge in [0.1, 0.15) is 0 Å². The molecule has 3 heteroatoms. The summed E-state index contributed by atoms with van der Waals surface area (Å²) in [7, 11) is 0. The summed E-state index contributed by atoms with van der Waals surface area (Å²) in [6.45, 7) is 11.6. The first-order valence-electron chi connectivity index (χ1n) is 6.68. The second kappa shape index (κ2) is 5.99. The van der Waals surface area contributed by atoms with Gasteiger partial charge < -0.3 is 10.5 Å². The normalized spacial score (nSPS) is 31.3. The predicted octanol–water partition coefficient (Wildman–Crippen LogP) is 2.00. The second-order valence-electron chi connectivity index (χ2n) is 5.16. The molecule has 0 aliphatic carbocycles. The van der Waals surface area contributed by atoms with Crippen LogP contribution in [0.2, 0.25) is 0 Å². The van der Waals surface area contributed by atoms with Gasteiger partial charge in [0.25, 0.3) is 0 Å². The Bertz CT molecular complexity index is 208. The third-order valence-corrected chi connectivity index (χ3v) is 3.94. The van der Waals surface area contributed by atoms with E-state index >= 15 is 0 Å². The van der Waals surface area contributed by atoms with Crippen LogP contribution in [0, 0.1) is 0 Å². The molecule has 1 heterocycles. The molecule has 1 aliphatic rings. The predicted molar refractivity (Wildman–Crippen MR) is 68.6 cm³/mol. The minimum absolute atomic E-state index is 0.168. The molecule has 96 valence electrons. The van der Waals surface area contributed by atoms with E-state index in [4.69, 9.17) is 10.5 Å². The Morgan fingerprint density at radius 2 is 2.12 bits per heavy atom. The van der Waals surface area contributed by atoms with E-state index in [2.05, 4.69) is 32.6 Å². The molecule has 0 bridgehead atoms.